The molecule has 0 amide bonds. The van der Waals surface area contributed by atoms with Crippen molar-refractivity contribution in [3.8, 4) is 11.3 Å². The molecule has 5 heteroatoms. The lowest BCUT2D eigenvalue weighted by Gasteiger charge is -2.36. The van der Waals surface area contributed by atoms with Crippen molar-refractivity contribution in [3.05, 3.63) is 42.4 Å². The van der Waals surface area contributed by atoms with Gasteiger partial charge in [-0.2, -0.15) is 0 Å². The molecule has 1 aromatic carbocycles. The lowest BCUT2D eigenvalue weighted by atomic mass is 9.70. The van der Waals surface area contributed by atoms with E-state index in [0.717, 1.165) is 28.8 Å². The molecule has 5 nitrogen and oxygen atoms in total. The Balaban J connectivity index is 0.000000151. The largest absolute Gasteiger partial charge is 0.481 e. The monoisotopic (exact) mass is 381 g/mol. The Morgan fingerprint density at radius 1 is 1.25 bits per heavy atom. The Hall–Kier alpha value is -2.40. The first kappa shape index (κ1) is 18.9. The van der Waals surface area contributed by atoms with Crippen LogP contribution in [0.5, 0.6) is 0 Å². The zero-order chi connectivity index (χ0) is 20.1. The van der Waals surface area contributed by atoms with Crippen molar-refractivity contribution in [2.45, 2.75) is 52.6 Å². The van der Waals surface area contributed by atoms with Crippen molar-refractivity contribution >= 4 is 16.9 Å². The average Bonchev–Trinajstić information content (AvgIpc) is 3.19. The number of hydrogen-bond acceptors (Lipinski definition) is 4. The van der Waals surface area contributed by atoms with Gasteiger partial charge in [-0.15, -0.1) is 0 Å². The molecule has 2 bridgehead atoms. The molecule has 3 unspecified atom stereocenters. The van der Waals surface area contributed by atoms with Crippen molar-refractivity contribution < 1.29 is 19.4 Å². The third kappa shape index (κ3) is 2.80. The average molecular weight is 381 g/mol. The Morgan fingerprint density at radius 2 is 2.00 bits per heavy atom. The number of para-hydroxylation sites is 1. The summed E-state index contributed by atoms with van der Waals surface area (Å²) in [4.78, 5) is 15.2. The molecule has 1 aromatic rings. The summed E-state index contributed by atoms with van der Waals surface area (Å²) in [6.45, 7) is 6.90. The van der Waals surface area contributed by atoms with Gasteiger partial charge in [-0.25, -0.2) is 4.98 Å². The molecule has 0 spiro atoms. The minimum absolute atomic E-state index is 0.0313. The molecule has 0 saturated heterocycles. The highest BCUT2D eigenvalue weighted by Crippen LogP contribution is 2.65. The molecule has 2 fully saturated rings. The lowest BCUT2D eigenvalue weighted by Crippen LogP contribution is -2.35. The lowest BCUT2D eigenvalue weighted by molar-refractivity contribution is -0.136. The van der Waals surface area contributed by atoms with E-state index in [9.17, 15) is 9.90 Å². The first-order chi connectivity index (χ1) is 13.2. The van der Waals surface area contributed by atoms with Crippen LogP contribution in [0, 0.1) is 16.7 Å². The Bertz CT molecular complexity index is 991. The number of aliphatic hydroxyl groups excluding tert-OH is 1. The second kappa shape index (κ2) is 6.59. The van der Waals surface area contributed by atoms with Gasteiger partial charge in [0.25, 0.3) is 0 Å². The van der Waals surface area contributed by atoms with Crippen LogP contribution in [0.1, 0.15) is 45.8 Å². The number of aliphatic carboxylic acids is 1. The van der Waals surface area contributed by atoms with Gasteiger partial charge < -0.3 is 14.6 Å². The van der Waals surface area contributed by atoms with Gasteiger partial charge in [0.1, 0.15) is 17.9 Å². The molecule has 2 aliphatic heterocycles. The molecule has 4 aliphatic rings. The van der Waals surface area contributed by atoms with E-state index >= 15 is 0 Å². The van der Waals surface area contributed by atoms with Crippen molar-refractivity contribution in [1.29, 1.82) is 0 Å². The maximum Gasteiger partial charge on any atom is 0.311 e. The van der Waals surface area contributed by atoms with Gasteiger partial charge in [-0.1, -0.05) is 39.0 Å². The van der Waals surface area contributed by atoms with E-state index in [0.29, 0.717) is 16.9 Å². The topological polar surface area (TPSA) is 83.6 Å². The zero-order valence-electron chi connectivity index (χ0n) is 16.6. The maximum atomic E-state index is 10.7. The Morgan fingerprint density at radius 3 is 2.57 bits per heavy atom. The normalized spacial score (nSPS) is 27.7. The standard InChI is InChI=1S/C13H9NO3.C10H18O/c15-12(16)7-11-13-9(5-6-17-11)8-3-1-2-4-10(8)14-13;1-9(2)7-4-5-10(9,3)8(11)6-7/h1-6H,7H2,(H,15,16);7-8,11H,4-6H2,1-3H3. The molecule has 3 atom stereocenters. The van der Waals surface area contributed by atoms with E-state index in [4.69, 9.17) is 9.52 Å². The number of fused-ring (bicyclic) bond motifs is 5. The molecule has 28 heavy (non-hydrogen) atoms. The highest BCUT2D eigenvalue weighted by Gasteiger charge is 2.60. The summed E-state index contributed by atoms with van der Waals surface area (Å²) >= 11 is 0. The minimum atomic E-state index is -0.923. The summed E-state index contributed by atoms with van der Waals surface area (Å²) in [6, 6.07) is 9.53. The summed E-state index contributed by atoms with van der Waals surface area (Å²) in [5.41, 5.74) is 3.03. The van der Waals surface area contributed by atoms with Crippen LogP contribution in [0.15, 0.2) is 41.0 Å². The van der Waals surface area contributed by atoms with E-state index in [2.05, 4.69) is 25.8 Å². The third-order valence-electron chi connectivity index (χ3n) is 7.45. The number of benzene rings is 1. The van der Waals surface area contributed by atoms with E-state index < -0.39 is 5.97 Å². The molecule has 2 aliphatic carbocycles. The summed E-state index contributed by atoms with van der Waals surface area (Å²) in [6.07, 6.45) is 4.93. The number of carboxylic acids is 1. The molecule has 0 radical (unpaired) electrons. The van der Waals surface area contributed by atoms with Crippen molar-refractivity contribution in [1.82, 2.24) is 4.98 Å². The Kier molecular flexibility index (Phi) is 4.46. The second-order valence-corrected chi connectivity index (χ2v) is 8.93. The molecule has 2 heterocycles. The van der Waals surface area contributed by atoms with Crippen LogP contribution in [-0.4, -0.2) is 27.3 Å². The summed E-state index contributed by atoms with van der Waals surface area (Å²) in [5, 5.41) is 19.6. The number of aliphatic hydroxyl groups is 1. The van der Waals surface area contributed by atoms with E-state index in [1.807, 2.05) is 30.3 Å². The van der Waals surface area contributed by atoms with Gasteiger partial charge in [0, 0.05) is 10.9 Å². The van der Waals surface area contributed by atoms with Gasteiger partial charge in [-0.05, 0) is 48.1 Å². The molecule has 148 valence electrons. The van der Waals surface area contributed by atoms with Crippen molar-refractivity contribution in [2.75, 3.05) is 0 Å². The second-order valence-electron chi connectivity index (χ2n) is 8.93. The maximum absolute atomic E-state index is 10.7. The molecule has 5 rings (SSSR count). The number of hydrogen-bond donors (Lipinski definition) is 2. The highest BCUT2D eigenvalue weighted by atomic mass is 16.4. The number of carbonyl (C=O) groups is 1. The zero-order valence-corrected chi connectivity index (χ0v) is 16.6. The van der Waals surface area contributed by atoms with Crippen LogP contribution in [0.25, 0.3) is 22.2 Å². The number of carboxylic acid groups (broad SMARTS) is 1. The van der Waals surface area contributed by atoms with Gasteiger partial charge >= 0.3 is 5.97 Å². The number of nitrogens with zero attached hydrogens (tertiary/aromatic N) is 1. The molecular formula is C23H27NO4. The van der Waals surface area contributed by atoms with Gasteiger partial charge in [0.2, 0.25) is 0 Å². The predicted molar refractivity (Wildman–Crippen MR) is 107 cm³/mol. The van der Waals surface area contributed by atoms with Gasteiger partial charge in [0.15, 0.2) is 0 Å². The van der Waals surface area contributed by atoms with Crippen LogP contribution in [-0.2, 0) is 11.2 Å². The fraction of sp³-hybridized carbons (Fsp3) is 0.478. The van der Waals surface area contributed by atoms with Crippen molar-refractivity contribution in [2.24, 2.45) is 16.7 Å². The fourth-order valence-electron chi connectivity index (χ4n) is 5.15. The van der Waals surface area contributed by atoms with Gasteiger partial charge in [0.05, 0.1) is 17.9 Å². The van der Waals surface area contributed by atoms with E-state index in [1.54, 1.807) is 0 Å². The summed E-state index contributed by atoms with van der Waals surface area (Å²) in [7, 11) is 0. The first-order valence-corrected chi connectivity index (χ1v) is 9.89. The van der Waals surface area contributed by atoms with E-state index in [1.165, 1.54) is 19.1 Å². The van der Waals surface area contributed by atoms with Crippen molar-refractivity contribution in [3.63, 3.8) is 0 Å². The van der Waals surface area contributed by atoms with Crippen LogP contribution in [0.4, 0.5) is 0 Å². The first-order valence-electron chi connectivity index (χ1n) is 9.89. The van der Waals surface area contributed by atoms with Crippen LogP contribution in [0.2, 0.25) is 0 Å². The summed E-state index contributed by atoms with van der Waals surface area (Å²) in [5.74, 6) is 0.252. The predicted octanol–water partition coefficient (Wildman–Crippen LogP) is 4.75. The fourth-order valence-corrected chi connectivity index (χ4v) is 5.15. The number of aromatic nitrogens is 1. The SMILES string of the molecule is CC1(C)C2CCC1(C)C(O)C2.O=C(O)Cc1occc2c3ccccc3nc1-2. The highest BCUT2D eigenvalue weighted by molar-refractivity contribution is 5.98. The Labute approximate surface area is 164 Å². The molecule has 2 saturated carbocycles. The van der Waals surface area contributed by atoms with Crippen LogP contribution < -0.4 is 0 Å². The van der Waals surface area contributed by atoms with Crippen LogP contribution in [0.3, 0.4) is 0 Å². The quantitative estimate of drug-likeness (QED) is 0.669. The summed E-state index contributed by atoms with van der Waals surface area (Å²) < 4.78 is 5.24. The minimum Gasteiger partial charge on any atom is -0.481 e. The smallest absolute Gasteiger partial charge is 0.311 e. The molecular weight excluding hydrogens is 354 g/mol. The molecule has 2 N–H and O–H groups in total. The third-order valence-corrected chi connectivity index (χ3v) is 7.45. The molecule has 0 aromatic heterocycles. The van der Waals surface area contributed by atoms with Gasteiger partial charge in [-0.3, -0.25) is 4.79 Å². The van der Waals surface area contributed by atoms with Crippen LogP contribution >= 0.6 is 0 Å². The number of rotatable bonds is 2. The van der Waals surface area contributed by atoms with E-state index in [-0.39, 0.29) is 17.9 Å².